The molecule has 1 amide bonds. The maximum absolute atomic E-state index is 12.4. The quantitative estimate of drug-likeness (QED) is 0.714. The van der Waals surface area contributed by atoms with Gasteiger partial charge in [0.05, 0.1) is 11.1 Å². The van der Waals surface area contributed by atoms with Crippen LogP contribution in [0.15, 0.2) is 60.9 Å². The van der Waals surface area contributed by atoms with Crippen molar-refractivity contribution in [1.82, 2.24) is 9.97 Å². The van der Waals surface area contributed by atoms with Crippen LogP contribution in [0.1, 0.15) is 10.4 Å². The van der Waals surface area contributed by atoms with Crippen LogP contribution in [-0.2, 0) is 0 Å². The Bertz CT molecular complexity index is 756. The third-order valence-electron chi connectivity index (χ3n) is 3.13. The zero-order valence-electron chi connectivity index (χ0n) is 11.0. The molecular formula is C16H13N3O. The maximum atomic E-state index is 12.4. The summed E-state index contributed by atoms with van der Waals surface area (Å²) in [6.45, 7) is 0. The number of carbonyl (C=O) groups is 1. The molecule has 0 bridgehead atoms. The van der Waals surface area contributed by atoms with Crippen molar-refractivity contribution in [3.63, 3.8) is 0 Å². The van der Waals surface area contributed by atoms with E-state index in [4.69, 9.17) is 0 Å². The summed E-state index contributed by atoms with van der Waals surface area (Å²) in [5.74, 6) is 0.493. The number of amides is 1. The Morgan fingerprint density at radius 2 is 1.85 bits per heavy atom. The Labute approximate surface area is 116 Å². The minimum atomic E-state index is -0.123. The Balaban J connectivity index is 1.96. The number of nitrogens with zero attached hydrogens (tertiary/aromatic N) is 3. The molecule has 20 heavy (non-hydrogen) atoms. The highest BCUT2D eigenvalue weighted by atomic mass is 16.2. The lowest BCUT2D eigenvalue weighted by atomic mass is 10.1. The summed E-state index contributed by atoms with van der Waals surface area (Å²) >= 11 is 0. The van der Waals surface area contributed by atoms with Crippen molar-refractivity contribution < 1.29 is 4.79 Å². The van der Waals surface area contributed by atoms with Crippen molar-refractivity contribution >= 4 is 22.6 Å². The standard InChI is InChI=1S/C16H13N3O/c1-19(15-8-4-5-9-17-15)16(20)13-10-12-6-2-3-7-14(12)18-11-13/h2-11H,1H3. The van der Waals surface area contributed by atoms with Gasteiger partial charge >= 0.3 is 0 Å². The summed E-state index contributed by atoms with van der Waals surface area (Å²) in [7, 11) is 1.71. The van der Waals surface area contributed by atoms with Gasteiger partial charge in [-0.05, 0) is 24.3 Å². The predicted octanol–water partition coefficient (Wildman–Crippen LogP) is 2.91. The van der Waals surface area contributed by atoms with Gasteiger partial charge in [-0.1, -0.05) is 24.3 Å². The summed E-state index contributed by atoms with van der Waals surface area (Å²) in [5.41, 5.74) is 1.43. The average molecular weight is 263 g/mol. The van der Waals surface area contributed by atoms with Crippen LogP contribution in [0, 0.1) is 0 Å². The van der Waals surface area contributed by atoms with Crippen molar-refractivity contribution in [2.75, 3.05) is 11.9 Å². The van der Waals surface area contributed by atoms with Crippen LogP contribution in [0.3, 0.4) is 0 Å². The molecule has 1 aromatic carbocycles. The number of hydrogen-bond acceptors (Lipinski definition) is 3. The van der Waals surface area contributed by atoms with Crippen molar-refractivity contribution in [1.29, 1.82) is 0 Å². The van der Waals surface area contributed by atoms with Crippen LogP contribution in [0.4, 0.5) is 5.82 Å². The number of aromatic nitrogens is 2. The molecule has 0 aliphatic heterocycles. The lowest BCUT2D eigenvalue weighted by Crippen LogP contribution is -2.27. The molecule has 4 nitrogen and oxygen atoms in total. The van der Waals surface area contributed by atoms with E-state index >= 15 is 0 Å². The van der Waals surface area contributed by atoms with Gasteiger partial charge in [-0.25, -0.2) is 4.98 Å². The first-order chi connectivity index (χ1) is 9.75. The molecule has 0 aliphatic carbocycles. The normalized spacial score (nSPS) is 10.4. The number of anilines is 1. The topological polar surface area (TPSA) is 46.1 Å². The van der Waals surface area contributed by atoms with Gasteiger partial charge in [0.15, 0.2) is 0 Å². The van der Waals surface area contributed by atoms with Gasteiger partial charge in [-0.15, -0.1) is 0 Å². The predicted molar refractivity (Wildman–Crippen MR) is 78.7 cm³/mol. The highest BCUT2D eigenvalue weighted by Crippen LogP contribution is 2.16. The van der Waals surface area contributed by atoms with E-state index in [1.807, 2.05) is 42.5 Å². The van der Waals surface area contributed by atoms with Gasteiger partial charge in [-0.3, -0.25) is 14.7 Å². The largest absolute Gasteiger partial charge is 0.296 e. The summed E-state index contributed by atoms with van der Waals surface area (Å²) in [4.78, 5) is 22.4. The van der Waals surface area contributed by atoms with Gasteiger partial charge in [0.2, 0.25) is 0 Å². The zero-order chi connectivity index (χ0) is 13.9. The molecule has 4 heteroatoms. The van der Waals surface area contributed by atoms with Gasteiger partial charge in [0, 0.05) is 24.8 Å². The highest BCUT2D eigenvalue weighted by Gasteiger charge is 2.14. The number of fused-ring (bicyclic) bond motifs is 1. The summed E-state index contributed by atoms with van der Waals surface area (Å²) in [6, 6.07) is 15.0. The lowest BCUT2D eigenvalue weighted by molar-refractivity contribution is 0.0992. The van der Waals surface area contributed by atoms with Gasteiger partial charge in [0.1, 0.15) is 5.82 Å². The van der Waals surface area contributed by atoms with E-state index in [0.717, 1.165) is 10.9 Å². The van der Waals surface area contributed by atoms with E-state index in [0.29, 0.717) is 11.4 Å². The van der Waals surface area contributed by atoms with Crippen LogP contribution in [0.5, 0.6) is 0 Å². The van der Waals surface area contributed by atoms with Crippen LogP contribution in [-0.4, -0.2) is 22.9 Å². The van der Waals surface area contributed by atoms with Crippen LogP contribution < -0.4 is 4.90 Å². The lowest BCUT2D eigenvalue weighted by Gasteiger charge is -2.16. The number of para-hydroxylation sites is 1. The molecule has 0 spiro atoms. The van der Waals surface area contributed by atoms with Crippen molar-refractivity contribution in [2.24, 2.45) is 0 Å². The Morgan fingerprint density at radius 1 is 1.05 bits per heavy atom. The van der Waals surface area contributed by atoms with Crippen LogP contribution in [0.2, 0.25) is 0 Å². The molecule has 2 heterocycles. The van der Waals surface area contributed by atoms with E-state index in [9.17, 15) is 4.79 Å². The van der Waals surface area contributed by atoms with E-state index in [1.54, 1.807) is 25.5 Å². The molecule has 0 saturated carbocycles. The third kappa shape index (κ3) is 2.23. The SMILES string of the molecule is CN(C(=O)c1cnc2ccccc2c1)c1ccccn1. The summed E-state index contributed by atoms with van der Waals surface area (Å²) in [6.07, 6.45) is 3.27. The molecule has 2 aromatic heterocycles. The molecule has 0 aliphatic rings. The van der Waals surface area contributed by atoms with E-state index in [2.05, 4.69) is 9.97 Å². The van der Waals surface area contributed by atoms with Gasteiger partial charge in [-0.2, -0.15) is 0 Å². The third-order valence-corrected chi connectivity index (χ3v) is 3.13. The molecule has 0 fully saturated rings. The maximum Gasteiger partial charge on any atom is 0.260 e. The first-order valence-corrected chi connectivity index (χ1v) is 6.29. The fourth-order valence-corrected chi connectivity index (χ4v) is 2.04. The molecule has 0 N–H and O–H groups in total. The summed E-state index contributed by atoms with van der Waals surface area (Å²) < 4.78 is 0. The smallest absolute Gasteiger partial charge is 0.260 e. The molecule has 0 radical (unpaired) electrons. The second-order valence-corrected chi connectivity index (χ2v) is 4.47. The molecule has 3 rings (SSSR count). The van der Waals surface area contributed by atoms with E-state index in [-0.39, 0.29) is 5.91 Å². The number of benzene rings is 1. The second kappa shape index (κ2) is 5.09. The first kappa shape index (κ1) is 12.3. The fourth-order valence-electron chi connectivity index (χ4n) is 2.04. The average Bonchev–Trinajstić information content (AvgIpc) is 2.54. The number of hydrogen-bond donors (Lipinski definition) is 0. The first-order valence-electron chi connectivity index (χ1n) is 6.29. The van der Waals surface area contributed by atoms with Crippen molar-refractivity contribution in [3.05, 3.63) is 66.5 Å². The zero-order valence-corrected chi connectivity index (χ0v) is 11.0. The Hall–Kier alpha value is -2.75. The summed E-state index contributed by atoms with van der Waals surface area (Å²) in [5, 5.41) is 0.952. The van der Waals surface area contributed by atoms with Crippen molar-refractivity contribution in [3.8, 4) is 0 Å². The van der Waals surface area contributed by atoms with Crippen molar-refractivity contribution in [2.45, 2.75) is 0 Å². The molecule has 0 saturated heterocycles. The Kier molecular flexibility index (Phi) is 3.13. The number of carbonyl (C=O) groups excluding carboxylic acids is 1. The fraction of sp³-hybridized carbons (Fsp3) is 0.0625. The van der Waals surface area contributed by atoms with Gasteiger partial charge in [0.25, 0.3) is 5.91 Å². The van der Waals surface area contributed by atoms with Crippen LogP contribution >= 0.6 is 0 Å². The van der Waals surface area contributed by atoms with E-state index < -0.39 is 0 Å². The molecular weight excluding hydrogens is 250 g/mol. The number of rotatable bonds is 2. The minimum Gasteiger partial charge on any atom is -0.296 e. The molecule has 0 unspecified atom stereocenters. The monoisotopic (exact) mass is 263 g/mol. The molecule has 3 aromatic rings. The van der Waals surface area contributed by atoms with Gasteiger partial charge < -0.3 is 0 Å². The van der Waals surface area contributed by atoms with E-state index in [1.165, 1.54) is 4.90 Å². The second-order valence-electron chi connectivity index (χ2n) is 4.47. The number of pyridine rings is 2. The van der Waals surface area contributed by atoms with Crippen LogP contribution in [0.25, 0.3) is 10.9 Å². The Morgan fingerprint density at radius 3 is 2.65 bits per heavy atom. The molecule has 0 atom stereocenters. The minimum absolute atomic E-state index is 0.123. The highest BCUT2D eigenvalue weighted by molar-refractivity contribution is 6.06. The molecule has 98 valence electrons.